The van der Waals surface area contributed by atoms with Gasteiger partial charge in [0.2, 0.25) is 12.1 Å². The Morgan fingerprint density at radius 1 is 1.10 bits per heavy atom. The molecule has 4 aliphatic rings. The average Bonchev–Trinajstić information content (AvgIpc) is 3.02. The van der Waals surface area contributed by atoms with Crippen molar-refractivity contribution in [3.05, 3.63) is 56.8 Å². The van der Waals surface area contributed by atoms with Gasteiger partial charge in [-0.25, -0.2) is 0 Å². The van der Waals surface area contributed by atoms with E-state index < -0.39 is 100.0 Å². The van der Waals surface area contributed by atoms with Crippen molar-refractivity contribution < 1.29 is 63.1 Å². The number of ketones is 3. The van der Waals surface area contributed by atoms with Crippen LogP contribution in [0.1, 0.15) is 89.6 Å². The van der Waals surface area contributed by atoms with E-state index in [2.05, 4.69) is 0 Å². The van der Waals surface area contributed by atoms with Gasteiger partial charge in [-0.1, -0.05) is 12.1 Å². The zero-order valence-electron chi connectivity index (χ0n) is 27.4. The molecule has 2 aromatic carbocycles. The maximum atomic E-state index is 14.2. The number of benzene rings is 2. The number of carbonyl (C=O) groups excluding carboxylic acids is 3. The molecule has 2 fully saturated rings. The molecule has 0 saturated carbocycles. The molecule has 2 heterocycles. The topological polar surface area (TPSA) is 201 Å². The molecule has 2 aromatic rings. The number of hydrogen-bond donors (Lipinski definition) is 4. The minimum atomic E-state index is -2.09. The van der Waals surface area contributed by atoms with Gasteiger partial charge in [0.15, 0.2) is 17.9 Å². The molecule has 1 unspecified atom stereocenters. The maximum Gasteiger partial charge on any atom is 0.208 e. The number of phenolic OH excluding ortho intramolecular Hbond substituents is 2. The highest BCUT2D eigenvalue weighted by molar-refractivity contribution is 6.31. The molecule has 6 rings (SSSR count). The van der Waals surface area contributed by atoms with Gasteiger partial charge in [0.1, 0.15) is 48.1 Å². The fourth-order valence-corrected chi connectivity index (χ4v) is 7.49. The van der Waals surface area contributed by atoms with E-state index in [9.17, 15) is 40.0 Å². The van der Waals surface area contributed by atoms with Crippen molar-refractivity contribution in [3.8, 4) is 17.2 Å². The summed E-state index contributed by atoms with van der Waals surface area (Å²) in [7, 11) is 1.33. The number of aliphatic hydroxyl groups is 2. The van der Waals surface area contributed by atoms with Crippen molar-refractivity contribution in [2.45, 2.75) is 95.6 Å². The second kappa shape index (κ2) is 12.4. The number of hydrogen-bond acceptors (Lipinski definition) is 13. The predicted octanol–water partition coefficient (Wildman–Crippen LogP) is 2.17. The van der Waals surface area contributed by atoms with Crippen molar-refractivity contribution in [3.63, 3.8) is 0 Å². The van der Waals surface area contributed by atoms with Gasteiger partial charge in [-0.15, -0.1) is 0 Å². The molecule has 260 valence electrons. The number of fused-ring (bicyclic) bond motifs is 3. The smallest absolute Gasteiger partial charge is 0.208 e. The Morgan fingerprint density at radius 2 is 1.81 bits per heavy atom. The summed E-state index contributed by atoms with van der Waals surface area (Å²) in [6, 6.07) is 3.47. The molecule has 2 aliphatic heterocycles. The third-order valence-electron chi connectivity index (χ3n) is 9.98. The Morgan fingerprint density at radius 3 is 2.48 bits per heavy atom. The van der Waals surface area contributed by atoms with Crippen molar-refractivity contribution in [2.24, 2.45) is 0 Å². The number of aliphatic hydroxyl groups excluding tert-OH is 1. The van der Waals surface area contributed by atoms with Gasteiger partial charge in [-0.2, -0.15) is 0 Å². The molecule has 8 atom stereocenters. The van der Waals surface area contributed by atoms with Gasteiger partial charge >= 0.3 is 0 Å². The lowest BCUT2D eigenvalue weighted by molar-refractivity contribution is -0.926. The minimum absolute atomic E-state index is 0.0390. The highest BCUT2D eigenvalue weighted by atomic mass is 16.7. The molecule has 4 N–H and O–H groups in total. The van der Waals surface area contributed by atoms with Gasteiger partial charge < -0.3 is 54.0 Å². The Hall–Kier alpha value is -3.47. The summed E-state index contributed by atoms with van der Waals surface area (Å²) in [4.78, 5) is 40.4. The standard InChI is InChI=1S/C34H41NO13/c1-15(2)46-24-14-35(43,9-10-45-24)20-11-23(47-16(3)29(20)37)48-22-13-34(42,17(4)36)12-19-26(22)33(41)28-27(31(19)39)30(38)18-7-6-8-21(44-5)25(18)32(28)40/h6-8,15-16,20,22-24,29,37,39,41-42H,9-14H2,1-5H3/t16-,20-,22-,23-,24+,29+,34-,35?/m0/s1. The quantitative estimate of drug-likeness (QED) is 0.162. The number of carbonyl (C=O) groups is 3. The number of ether oxygens (including phenoxy) is 5. The number of rotatable bonds is 7. The number of methoxy groups -OCH3 is 1. The third kappa shape index (κ3) is 5.59. The van der Waals surface area contributed by atoms with Crippen LogP contribution < -0.4 is 4.74 Å². The number of Topliss-reactive ketones (excluding diaryl/α,β-unsaturated/α-hetero) is 1. The van der Waals surface area contributed by atoms with Gasteiger partial charge in [-0.05, 0) is 33.8 Å². The molecule has 0 amide bonds. The van der Waals surface area contributed by atoms with Gasteiger partial charge in [0.05, 0.1) is 55.1 Å². The summed E-state index contributed by atoms with van der Waals surface area (Å²) in [6.45, 7) is 6.44. The van der Waals surface area contributed by atoms with Crippen LogP contribution in [0.4, 0.5) is 0 Å². The van der Waals surface area contributed by atoms with Crippen LogP contribution in [0.3, 0.4) is 0 Å². The molecule has 2 aliphatic carbocycles. The van der Waals surface area contributed by atoms with E-state index in [1.807, 2.05) is 13.8 Å². The third-order valence-corrected chi connectivity index (χ3v) is 9.98. The number of quaternary nitrogens is 1. The van der Waals surface area contributed by atoms with Crippen LogP contribution in [0.5, 0.6) is 17.2 Å². The number of phenols is 2. The second-order valence-electron chi connectivity index (χ2n) is 13.4. The van der Waals surface area contributed by atoms with Crippen LogP contribution in [0.2, 0.25) is 0 Å². The molecule has 14 heteroatoms. The fourth-order valence-electron chi connectivity index (χ4n) is 7.49. The zero-order valence-corrected chi connectivity index (χ0v) is 27.4. The van der Waals surface area contributed by atoms with Crippen LogP contribution in [0, 0.1) is 5.21 Å². The predicted molar refractivity (Wildman–Crippen MR) is 165 cm³/mol. The molecule has 2 saturated heterocycles. The molecule has 14 nitrogen and oxygen atoms in total. The van der Waals surface area contributed by atoms with Crippen LogP contribution in [-0.2, 0) is 30.2 Å². The summed E-state index contributed by atoms with van der Waals surface area (Å²) in [6.07, 6.45) is -6.58. The molecular formula is C34H41NO13. The van der Waals surface area contributed by atoms with E-state index in [-0.39, 0.29) is 60.2 Å². The van der Waals surface area contributed by atoms with E-state index in [4.69, 9.17) is 23.7 Å². The van der Waals surface area contributed by atoms with Crippen molar-refractivity contribution in [1.82, 2.24) is 0 Å². The summed E-state index contributed by atoms with van der Waals surface area (Å²) < 4.78 is 28.2. The first kappa shape index (κ1) is 34.4. The number of morpholine rings is 1. The van der Waals surface area contributed by atoms with E-state index in [0.29, 0.717) is 0 Å². The van der Waals surface area contributed by atoms with Gasteiger partial charge in [0, 0.05) is 29.5 Å². The highest BCUT2D eigenvalue weighted by Gasteiger charge is 2.51. The van der Waals surface area contributed by atoms with Crippen LogP contribution >= 0.6 is 0 Å². The average molecular weight is 672 g/mol. The lowest BCUT2D eigenvalue weighted by atomic mass is 9.72. The molecule has 48 heavy (non-hydrogen) atoms. The van der Waals surface area contributed by atoms with Crippen LogP contribution in [0.25, 0.3) is 0 Å². The summed E-state index contributed by atoms with van der Waals surface area (Å²) >= 11 is 0. The van der Waals surface area contributed by atoms with Crippen molar-refractivity contribution in [2.75, 3.05) is 26.8 Å². The number of hydroxylamine groups is 3. The largest absolute Gasteiger partial charge is 0.632 e. The molecule has 0 spiro atoms. The van der Waals surface area contributed by atoms with E-state index >= 15 is 0 Å². The van der Waals surface area contributed by atoms with Crippen LogP contribution in [-0.4, -0.2) is 112 Å². The maximum absolute atomic E-state index is 14.2. The summed E-state index contributed by atoms with van der Waals surface area (Å²) in [5, 5.41) is 60.2. The minimum Gasteiger partial charge on any atom is -0.632 e. The zero-order chi connectivity index (χ0) is 34.9. The lowest BCUT2D eigenvalue weighted by Crippen LogP contribution is -2.67. The van der Waals surface area contributed by atoms with E-state index in [1.54, 1.807) is 6.92 Å². The number of nitrogens with zero attached hydrogens (tertiary/aromatic N) is 1. The summed E-state index contributed by atoms with van der Waals surface area (Å²) in [5.41, 5.74) is -3.37. The number of aromatic hydroxyl groups is 2. The molecule has 0 aromatic heterocycles. The lowest BCUT2D eigenvalue weighted by Gasteiger charge is -2.56. The Balaban J connectivity index is 1.40. The molecule has 0 bridgehead atoms. The molecular weight excluding hydrogens is 630 g/mol. The highest BCUT2D eigenvalue weighted by Crippen LogP contribution is 2.52. The van der Waals surface area contributed by atoms with Crippen molar-refractivity contribution >= 4 is 17.3 Å². The molecule has 0 radical (unpaired) electrons. The summed E-state index contributed by atoms with van der Waals surface area (Å²) in [5.74, 6) is -3.40. The van der Waals surface area contributed by atoms with Gasteiger partial charge in [-0.3, -0.25) is 14.4 Å². The normalized spacial score (nSPS) is 33.2. The monoisotopic (exact) mass is 671 g/mol. The Labute approximate surface area is 276 Å². The van der Waals surface area contributed by atoms with E-state index in [0.717, 1.165) is 0 Å². The SMILES string of the molecule is COc1cccc2c1C(=O)c1c(O)c3c(c(O)c1C2=O)C[C@@](O)(C(C)=O)C[C@@H]3O[C@H]1C[C@H]([N+]2([O-])CCO[C@H](OC(C)C)C2)[C@H](O)[C@H](C)O1. The van der Waals surface area contributed by atoms with Crippen molar-refractivity contribution in [1.29, 1.82) is 0 Å². The van der Waals surface area contributed by atoms with E-state index in [1.165, 1.54) is 32.2 Å². The van der Waals surface area contributed by atoms with Gasteiger partial charge in [0.25, 0.3) is 0 Å². The first-order chi connectivity index (χ1) is 22.6. The fraction of sp³-hybridized carbons (Fsp3) is 0.559. The first-order valence-electron chi connectivity index (χ1n) is 16.0. The second-order valence-corrected chi connectivity index (χ2v) is 13.4. The Kier molecular flexibility index (Phi) is 8.92. The first-order valence-corrected chi connectivity index (χ1v) is 16.0. The Bertz CT molecular complexity index is 1660. The van der Waals surface area contributed by atoms with Crippen LogP contribution in [0.15, 0.2) is 18.2 Å².